The maximum absolute atomic E-state index is 15.3. The molecule has 0 amide bonds. The number of halogens is 12. The number of alkyl halides is 12. The molecule has 4 aromatic rings. The van der Waals surface area contributed by atoms with Crippen LogP contribution in [0.4, 0.5) is 52.7 Å². The third-order valence-electron chi connectivity index (χ3n) is 9.01. The Morgan fingerprint density at radius 2 is 0.788 bits per heavy atom. The Kier molecular flexibility index (Phi) is 11.6. The van der Waals surface area contributed by atoms with Crippen molar-refractivity contribution in [3.05, 3.63) is 129 Å². The van der Waals surface area contributed by atoms with Crippen molar-refractivity contribution in [3.63, 3.8) is 0 Å². The van der Waals surface area contributed by atoms with Crippen molar-refractivity contribution >= 4 is 0 Å². The first-order valence-corrected chi connectivity index (χ1v) is 16.6. The fraction of sp³-hybridized carbons (Fsp3) is 0.400. The Balaban J connectivity index is 1.53. The molecule has 0 atom stereocenters. The molecule has 0 aliphatic carbocycles. The topological polar surface area (TPSA) is 0 Å². The summed E-state index contributed by atoms with van der Waals surface area (Å²) >= 11 is 0. The van der Waals surface area contributed by atoms with Crippen LogP contribution in [0.2, 0.25) is 0 Å². The van der Waals surface area contributed by atoms with Gasteiger partial charge < -0.3 is 0 Å². The van der Waals surface area contributed by atoms with Gasteiger partial charge in [0.05, 0.1) is 0 Å². The molecule has 4 rings (SSSR count). The Morgan fingerprint density at radius 1 is 0.365 bits per heavy atom. The molecule has 0 saturated heterocycles. The summed E-state index contributed by atoms with van der Waals surface area (Å²) in [6.45, 7) is 6.84. The quantitative estimate of drug-likeness (QED) is 0.0839. The van der Waals surface area contributed by atoms with Crippen LogP contribution in [0.3, 0.4) is 0 Å². The summed E-state index contributed by atoms with van der Waals surface area (Å²) < 4.78 is 178. The number of aryl methyl sites for hydroxylation is 6. The number of hydrogen-bond acceptors (Lipinski definition) is 0. The van der Waals surface area contributed by atoms with Crippen LogP contribution in [-0.2, 0) is 24.7 Å². The van der Waals surface area contributed by atoms with Gasteiger partial charge >= 0.3 is 35.5 Å². The highest BCUT2D eigenvalue weighted by molar-refractivity contribution is 5.66. The van der Waals surface area contributed by atoms with Gasteiger partial charge in [0.25, 0.3) is 0 Å². The number of hydrogen-bond donors (Lipinski definition) is 0. The van der Waals surface area contributed by atoms with E-state index in [-0.39, 0.29) is 34.9 Å². The maximum atomic E-state index is 15.3. The second-order valence-electron chi connectivity index (χ2n) is 13.5. The van der Waals surface area contributed by atoms with Gasteiger partial charge in [0.2, 0.25) is 0 Å². The molecule has 282 valence electrons. The van der Waals surface area contributed by atoms with Gasteiger partial charge in [0.15, 0.2) is 0 Å². The number of benzene rings is 4. The van der Waals surface area contributed by atoms with Gasteiger partial charge in [-0.2, -0.15) is 52.7 Å². The summed E-state index contributed by atoms with van der Waals surface area (Å²) in [5.74, 6) is -42.2. The second kappa shape index (κ2) is 14.8. The van der Waals surface area contributed by atoms with Gasteiger partial charge in [-0.25, -0.2) is 0 Å². The minimum Gasteiger partial charge on any atom is -0.194 e. The molecule has 4 aromatic carbocycles. The highest BCUT2D eigenvalue weighted by Gasteiger charge is 2.90. The molecule has 0 aliphatic heterocycles. The van der Waals surface area contributed by atoms with Crippen LogP contribution in [0.5, 0.6) is 0 Å². The van der Waals surface area contributed by atoms with Gasteiger partial charge in [-0.05, 0) is 87.8 Å². The van der Waals surface area contributed by atoms with Crippen LogP contribution in [0.15, 0.2) is 84.9 Å². The molecule has 0 heterocycles. The zero-order valence-corrected chi connectivity index (χ0v) is 28.9. The van der Waals surface area contributed by atoms with Crippen molar-refractivity contribution in [2.45, 2.75) is 102 Å². The standard InChI is InChI=1S/C40H38F12/c1-25-11-9-15-33(22-25)35(41,42)37(45,46)39(49,50)40(51,52)38(47,48)36(43,44)34-16-10-14-31(24-34)32-21-28(4)20-30(23-32)13-8-6-5-7-12-29-18-26(2)17-27(3)19-29/h9-11,14-24H,5-8,12-13H2,1-4H3. The average molecular weight is 747 g/mol. The lowest BCUT2D eigenvalue weighted by Crippen LogP contribution is -2.69. The third-order valence-corrected chi connectivity index (χ3v) is 9.01. The fourth-order valence-corrected chi connectivity index (χ4v) is 6.28. The molecule has 0 saturated carbocycles. The van der Waals surface area contributed by atoms with Gasteiger partial charge in [-0.15, -0.1) is 0 Å². The summed E-state index contributed by atoms with van der Waals surface area (Å²) in [5.41, 5.74) is 1.07. The van der Waals surface area contributed by atoms with Crippen molar-refractivity contribution in [2.75, 3.05) is 0 Å². The summed E-state index contributed by atoms with van der Waals surface area (Å²) in [6.07, 6.45) is 5.02. The van der Waals surface area contributed by atoms with E-state index >= 15 is 17.6 Å². The third kappa shape index (κ3) is 7.71. The molecule has 0 unspecified atom stereocenters. The molecule has 12 heteroatoms. The normalized spacial score (nSPS) is 13.5. The first-order chi connectivity index (χ1) is 24.0. The molecule has 0 fully saturated rings. The maximum Gasteiger partial charge on any atom is 0.385 e. The second-order valence-corrected chi connectivity index (χ2v) is 13.5. The van der Waals surface area contributed by atoms with Crippen LogP contribution in [0.25, 0.3) is 11.1 Å². The first-order valence-electron chi connectivity index (χ1n) is 16.6. The summed E-state index contributed by atoms with van der Waals surface area (Å²) in [6, 6.07) is 16.1. The highest BCUT2D eigenvalue weighted by Crippen LogP contribution is 2.63. The zero-order valence-electron chi connectivity index (χ0n) is 28.9. The summed E-state index contributed by atoms with van der Waals surface area (Å²) in [7, 11) is 0. The van der Waals surface area contributed by atoms with Crippen LogP contribution < -0.4 is 0 Å². The lowest BCUT2D eigenvalue weighted by atomic mass is 9.86. The SMILES string of the molecule is Cc1cc(C)cc(CCCCCCc2cc(C)cc(-c3cccc(C(F)(F)C(F)(F)C(F)(F)C(F)(F)C(F)(F)C(F)(F)c4cccc(C)c4)c3)c2)c1. The van der Waals surface area contributed by atoms with E-state index in [4.69, 9.17) is 0 Å². The number of unbranched alkanes of at least 4 members (excludes halogenated alkanes) is 3. The molecular weight excluding hydrogens is 708 g/mol. The number of rotatable bonds is 15. The molecule has 0 N–H and O–H groups in total. The summed E-state index contributed by atoms with van der Waals surface area (Å²) in [4.78, 5) is 0. The van der Waals surface area contributed by atoms with Gasteiger partial charge in [0.1, 0.15) is 0 Å². The van der Waals surface area contributed by atoms with E-state index < -0.39 is 46.7 Å². The largest absolute Gasteiger partial charge is 0.385 e. The minimum absolute atomic E-state index is 0.180. The monoisotopic (exact) mass is 746 g/mol. The molecule has 0 nitrogen and oxygen atoms in total. The average Bonchev–Trinajstić information content (AvgIpc) is 3.05. The molecular formula is C40H38F12. The van der Waals surface area contributed by atoms with Crippen molar-refractivity contribution in [2.24, 2.45) is 0 Å². The van der Waals surface area contributed by atoms with Crippen molar-refractivity contribution in [1.29, 1.82) is 0 Å². The van der Waals surface area contributed by atoms with Crippen molar-refractivity contribution < 1.29 is 52.7 Å². The van der Waals surface area contributed by atoms with E-state index in [1.54, 1.807) is 13.0 Å². The summed E-state index contributed by atoms with van der Waals surface area (Å²) in [5, 5.41) is 0. The molecule has 0 bridgehead atoms. The molecule has 52 heavy (non-hydrogen) atoms. The predicted octanol–water partition coefficient (Wildman–Crippen LogP) is 13.4. The van der Waals surface area contributed by atoms with Crippen molar-refractivity contribution in [1.82, 2.24) is 0 Å². The van der Waals surface area contributed by atoms with Gasteiger partial charge in [0, 0.05) is 11.1 Å². The van der Waals surface area contributed by atoms with E-state index in [0.29, 0.717) is 24.1 Å². The van der Waals surface area contributed by atoms with Crippen molar-refractivity contribution in [3.8, 4) is 11.1 Å². The molecule has 0 spiro atoms. The van der Waals surface area contributed by atoms with Crippen LogP contribution in [0.1, 0.15) is 70.2 Å². The fourth-order valence-electron chi connectivity index (χ4n) is 6.28. The lowest BCUT2D eigenvalue weighted by Gasteiger charge is -2.41. The van der Waals surface area contributed by atoms with Crippen LogP contribution in [-0.4, -0.2) is 23.7 Å². The van der Waals surface area contributed by atoms with E-state index in [2.05, 4.69) is 18.2 Å². The Bertz CT molecular complexity index is 1840. The first kappa shape index (κ1) is 40.8. The molecule has 0 aliphatic rings. The lowest BCUT2D eigenvalue weighted by molar-refractivity contribution is -0.429. The predicted molar refractivity (Wildman–Crippen MR) is 177 cm³/mol. The van der Waals surface area contributed by atoms with Gasteiger partial charge in [-0.1, -0.05) is 108 Å². The van der Waals surface area contributed by atoms with E-state index in [9.17, 15) is 35.1 Å². The Labute approximate surface area is 294 Å². The van der Waals surface area contributed by atoms with Gasteiger partial charge in [-0.3, -0.25) is 0 Å². The Hall–Kier alpha value is -3.96. The minimum atomic E-state index is -7.67. The molecule has 0 radical (unpaired) electrons. The van der Waals surface area contributed by atoms with E-state index in [0.717, 1.165) is 56.7 Å². The Morgan fingerprint density at radius 3 is 1.27 bits per heavy atom. The van der Waals surface area contributed by atoms with Crippen LogP contribution >= 0.6 is 0 Å². The smallest absolute Gasteiger partial charge is 0.194 e. The molecule has 0 aromatic heterocycles. The zero-order chi connectivity index (χ0) is 38.9. The highest BCUT2D eigenvalue weighted by atomic mass is 19.4. The van der Waals surface area contributed by atoms with Crippen LogP contribution in [0, 0.1) is 27.7 Å². The van der Waals surface area contributed by atoms with E-state index in [1.165, 1.54) is 28.8 Å². The van der Waals surface area contributed by atoms with E-state index in [1.807, 2.05) is 19.9 Å².